The monoisotopic (exact) mass is 292 g/mol. The summed E-state index contributed by atoms with van der Waals surface area (Å²) < 4.78 is 0. The lowest BCUT2D eigenvalue weighted by Crippen LogP contribution is -2.41. The third kappa shape index (κ3) is 5.10. The maximum atomic E-state index is 12.4. The Morgan fingerprint density at radius 2 is 2.05 bits per heavy atom. The largest absolute Gasteiger partial charge is 0.478 e. The van der Waals surface area contributed by atoms with Gasteiger partial charge in [-0.25, -0.2) is 9.59 Å². The van der Waals surface area contributed by atoms with Crippen LogP contribution in [0.1, 0.15) is 50.4 Å². The molecule has 0 spiro atoms. The van der Waals surface area contributed by atoms with Crippen LogP contribution in [0.15, 0.2) is 24.3 Å². The van der Waals surface area contributed by atoms with Crippen LogP contribution in [0, 0.1) is 0 Å². The van der Waals surface area contributed by atoms with Crippen LogP contribution in [0.2, 0.25) is 0 Å². The molecule has 0 aliphatic carbocycles. The number of unbranched alkanes of at least 4 members (excludes halogenated alkanes) is 1. The number of amides is 2. The number of carboxylic acids is 1. The van der Waals surface area contributed by atoms with Gasteiger partial charge in [0.1, 0.15) is 0 Å². The lowest BCUT2D eigenvalue weighted by molar-refractivity contribution is 0.0697. The molecule has 0 aliphatic heterocycles. The molecule has 2 N–H and O–H groups in total. The fraction of sp³-hybridized carbons (Fsp3) is 0.500. The number of nitrogens with zero attached hydrogens (tertiary/aromatic N) is 1. The molecule has 116 valence electrons. The van der Waals surface area contributed by atoms with E-state index in [0.29, 0.717) is 12.2 Å². The molecule has 1 unspecified atom stereocenters. The first kappa shape index (κ1) is 17.0. The third-order valence-electron chi connectivity index (χ3n) is 3.50. The van der Waals surface area contributed by atoms with Gasteiger partial charge in [0.25, 0.3) is 0 Å². The van der Waals surface area contributed by atoms with Crippen molar-refractivity contribution in [2.45, 2.75) is 46.1 Å². The summed E-state index contributed by atoms with van der Waals surface area (Å²) in [6.45, 7) is 6.85. The molecule has 0 heterocycles. The minimum atomic E-state index is -1.00. The van der Waals surface area contributed by atoms with Gasteiger partial charge < -0.3 is 15.3 Å². The highest BCUT2D eigenvalue weighted by Gasteiger charge is 2.18. The summed E-state index contributed by atoms with van der Waals surface area (Å²) >= 11 is 0. The van der Waals surface area contributed by atoms with Crippen LogP contribution >= 0.6 is 0 Å². The Morgan fingerprint density at radius 1 is 1.33 bits per heavy atom. The first-order valence-electron chi connectivity index (χ1n) is 7.40. The summed E-state index contributed by atoms with van der Waals surface area (Å²) in [7, 11) is 0. The molecule has 2 amide bonds. The zero-order valence-corrected chi connectivity index (χ0v) is 12.9. The molecule has 5 nitrogen and oxygen atoms in total. The van der Waals surface area contributed by atoms with Crippen LogP contribution in [0.5, 0.6) is 0 Å². The summed E-state index contributed by atoms with van der Waals surface area (Å²) in [5.74, 6) is -1.00. The molecule has 0 fully saturated rings. The zero-order valence-electron chi connectivity index (χ0n) is 12.9. The van der Waals surface area contributed by atoms with Gasteiger partial charge in [-0.05, 0) is 38.0 Å². The highest BCUT2D eigenvalue weighted by molar-refractivity contribution is 5.93. The highest BCUT2D eigenvalue weighted by atomic mass is 16.4. The molecular weight excluding hydrogens is 268 g/mol. The molecule has 0 saturated carbocycles. The van der Waals surface area contributed by atoms with E-state index in [0.717, 1.165) is 19.3 Å². The maximum Gasteiger partial charge on any atom is 0.335 e. The number of nitrogens with one attached hydrogen (secondary N) is 1. The van der Waals surface area contributed by atoms with Gasteiger partial charge in [-0.3, -0.25) is 0 Å². The Kier molecular flexibility index (Phi) is 6.72. The van der Waals surface area contributed by atoms with Crippen LogP contribution in [0.25, 0.3) is 0 Å². The Hall–Kier alpha value is -2.04. The summed E-state index contributed by atoms with van der Waals surface area (Å²) in [5, 5.41) is 11.8. The van der Waals surface area contributed by atoms with Crippen LogP contribution in [0.4, 0.5) is 10.5 Å². The first-order valence-corrected chi connectivity index (χ1v) is 7.40. The van der Waals surface area contributed by atoms with E-state index in [1.165, 1.54) is 12.1 Å². The van der Waals surface area contributed by atoms with Crippen LogP contribution in [0.3, 0.4) is 0 Å². The van der Waals surface area contributed by atoms with E-state index < -0.39 is 5.97 Å². The fourth-order valence-electron chi connectivity index (χ4n) is 2.00. The van der Waals surface area contributed by atoms with E-state index >= 15 is 0 Å². The third-order valence-corrected chi connectivity index (χ3v) is 3.50. The lowest BCUT2D eigenvalue weighted by Gasteiger charge is -2.28. The maximum absolute atomic E-state index is 12.4. The Bertz CT molecular complexity index is 488. The number of hydrogen-bond donors (Lipinski definition) is 2. The highest BCUT2D eigenvalue weighted by Crippen LogP contribution is 2.14. The van der Waals surface area contributed by atoms with Crippen LogP contribution < -0.4 is 5.32 Å². The van der Waals surface area contributed by atoms with Crippen molar-refractivity contribution in [3.63, 3.8) is 0 Å². The number of carbonyl (C=O) groups excluding carboxylic acids is 1. The van der Waals surface area contributed by atoms with E-state index in [-0.39, 0.29) is 17.6 Å². The molecule has 0 aliphatic rings. The van der Waals surface area contributed by atoms with Gasteiger partial charge in [-0.15, -0.1) is 0 Å². The molecule has 0 aromatic heterocycles. The van der Waals surface area contributed by atoms with Crippen molar-refractivity contribution in [3.8, 4) is 0 Å². The number of carboxylic acid groups (broad SMARTS) is 1. The molecule has 5 heteroatoms. The Balaban J connectivity index is 2.80. The van der Waals surface area contributed by atoms with Gasteiger partial charge >= 0.3 is 12.0 Å². The minimum Gasteiger partial charge on any atom is -0.478 e. The predicted molar refractivity (Wildman–Crippen MR) is 83.8 cm³/mol. The number of aromatic carboxylic acids is 1. The SMILES string of the molecule is CCCCN(C(=O)Nc1cccc(C(=O)O)c1)C(C)CC. The smallest absolute Gasteiger partial charge is 0.335 e. The first-order chi connectivity index (χ1) is 9.99. The molecule has 21 heavy (non-hydrogen) atoms. The van der Waals surface area contributed by atoms with E-state index in [1.54, 1.807) is 17.0 Å². The second kappa shape index (κ2) is 8.29. The number of benzene rings is 1. The standard InChI is InChI=1S/C16H24N2O3/c1-4-6-10-18(12(3)5-2)16(21)17-14-9-7-8-13(11-14)15(19)20/h7-9,11-12H,4-6,10H2,1-3H3,(H,17,21)(H,19,20). The molecule has 0 saturated heterocycles. The quantitative estimate of drug-likeness (QED) is 0.802. The van der Waals surface area contributed by atoms with Gasteiger partial charge in [0.2, 0.25) is 0 Å². The zero-order chi connectivity index (χ0) is 15.8. The molecule has 1 aromatic carbocycles. The van der Waals surface area contributed by atoms with Gasteiger partial charge in [0, 0.05) is 18.3 Å². The van der Waals surface area contributed by atoms with Crippen LogP contribution in [-0.2, 0) is 0 Å². The number of urea groups is 1. The average Bonchev–Trinajstić information content (AvgIpc) is 2.47. The minimum absolute atomic E-state index is 0.152. The van der Waals surface area contributed by atoms with Gasteiger partial charge in [-0.1, -0.05) is 26.3 Å². The lowest BCUT2D eigenvalue weighted by atomic mass is 10.2. The van der Waals surface area contributed by atoms with Crippen molar-refractivity contribution >= 4 is 17.7 Å². The second-order valence-corrected chi connectivity index (χ2v) is 5.12. The summed E-state index contributed by atoms with van der Waals surface area (Å²) in [6, 6.07) is 6.26. The van der Waals surface area contributed by atoms with Crippen molar-refractivity contribution in [2.24, 2.45) is 0 Å². The molecule has 1 atom stereocenters. The van der Waals surface area contributed by atoms with E-state index in [4.69, 9.17) is 5.11 Å². The van der Waals surface area contributed by atoms with Crippen molar-refractivity contribution in [3.05, 3.63) is 29.8 Å². The summed E-state index contributed by atoms with van der Waals surface area (Å²) in [6.07, 6.45) is 2.86. The van der Waals surface area contributed by atoms with Gasteiger partial charge in [-0.2, -0.15) is 0 Å². The molecule has 0 radical (unpaired) electrons. The second-order valence-electron chi connectivity index (χ2n) is 5.12. The Labute approximate surface area is 126 Å². The van der Waals surface area contributed by atoms with E-state index in [2.05, 4.69) is 12.2 Å². The summed E-state index contributed by atoms with van der Waals surface area (Å²) in [5.41, 5.74) is 0.668. The number of anilines is 1. The number of hydrogen-bond acceptors (Lipinski definition) is 2. The predicted octanol–water partition coefficient (Wildman–Crippen LogP) is 3.82. The fourth-order valence-corrected chi connectivity index (χ4v) is 2.00. The Morgan fingerprint density at radius 3 is 2.62 bits per heavy atom. The van der Waals surface area contributed by atoms with Crippen molar-refractivity contribution in [1.82, 2.24) is 4.90 Å². The van der Waals surface area contributed by atoms with Crippen molar-refractivity contribution in [2.75, 3.05) is 11.9 Å². The normalized spacial score (nSPS) is 11.8. The van der Waals surface area contributed by atoms with Crippen LogP contribution in [-0.4, -0.2) is 34.6 Å². The number of rotatable bonds is 7. The molecule has 1 rings (SSSR count). The average molecular weight is 292 g/mol. The van der Waals surface area contributed by atoms with Crippen molar-refractivity contribution in [1.29, 1.82) is 0 Å². The van der Waals surface area contributed by atoms with E-state index in [9.17, 15) is 9.59 Å². The summed E-state index contributed by atoms with van der Waals surface area (Å²) in [4.78, 5) is 25.1. The van der Waals surface area contributed by atoms with Gasteiger partial charge in [0.15, 0.2) is 0 Å². The number of carbonyl (C=O) groups is 2. The molecule has 1 aromatic rings. The topological polar surface area (TPSA) is 69.6 Å². The van der Waals surface area contributed by atoms with Gasteiger partial charge in [0.05, 0.1) is 5.56 Å². The molecular formula is C16H24N2O3. The molecule has 0 bridgehead atoms. The van der Waals surface area contributed by atoms with E-state index in [1.807, 2.05) is 13.8 Å². The van der Waals surface area contributed by atoms with Crippen molar-refractivity contribution < 1.29 is 14.7 Å².